The Morgan fingerprint density at radius 1 is 1.09 bits per heavy atom. The third-order valence-electron chi connectivity index (χ3n) is 5.36. The van der Waals surface area contributed by atoms with Gasteiger partial charge in [-0.2, -0.15) is 5.10 Å². The van der Waals surface area contributed by atoms with E-state index in [0.29, 0.717) is 28.6 Å². The number of nitrogens with zero attached hydrogens (tertiary/aromatic N) is 2. The van der Waals surface area contributed by atoms with Crippen LogP contribution < -0.4 is 15.4 Å². The van der Waals surface area contributed by atoms with Gasteiger partial charge in [-0.25, -0.2) is 0 Å². The number of hydrogen-bond donors (Lipinski definition) is 2. The Balaban J connectivity index is 1.34. The Bertz CT molecular complexity index is 1070. The summed E-state index contributed by atoms with van der Waals surface area (Å²) in [5.41, 5.74) is 1.87. The average Bonchev–Trinajstić information content (AvgIpc) is 3.45. The van der Waals surface area contributed by atoms with Crippen LogP contribution in [0.5, 0.6) is 5.75 Å². The zero-order valence-electron chi connectivity index (χ0n) is 17.6. The Kier molecular flexibility index (Phi) is 7.07. The summed E-state index contributed by atoms with van der Waals surface area (Å²) < 4.78 is 7.38. The highest BCUT2D eigenvalue weighted by atomic mass is 35.5. The SMILES string of the molecule is O=C(Cn1cc(NC(=O)c2ccccc2OCc2ccc(Cl)cc2)cn1)NC1CCCC1. The van der Waals surface area contributed by atoms with Crippen molar-refractivity contribution in [2.75, 3.05) is 5.32 Å². The van der Waals surface area contributed by atoms with Crippen molar-refractivity contribution in [1.29, 1.82) is 0 Å². The van der Waals surface area contributed by atoms with Crippen LogP contribution in [-0.4, -0.2) is 27.6 Å². The van der Waals surface area contributed by atoms with Crippen molar-refractivity contribution in [3.63, 3.8) is 0 Å². The van der Waals surface area contributed by atoms with E-state index in [0.717, 1.165) is 31.2 Å². The van der Waals surface area contributed by atoms with Crippen LogP contribution in [-0.2, 0) is 17.9 Å². The lowest BCUT2D eigenvalue weighted by molar-refractivity contribution is -0.122. The van der Waals surface area contributed by atoms with E-state index in [1.165, 1.54) is 10.9 Å². The first-order valence-electron chi connectivity index (χ1n) is 10.7. The van der Waals surface area contributed by atoms with Crippen LogP contribution in [0, 0.1) is 0 Å². The van der Waals surface area contributed by atoms with E-state index in [2.05, 4.69) is 15.7 Å². The number of amides is 2. The standard InChI is InChI=1S/C24H25ClN4O3/c25-18-11-9-17(10-12-18)16-32-22-8-4-3-7-21(22)24(31)28-20-13-26-29(14-20)15-23(30)27-19-5-1-2-6-19/h3-4,7-14,19H,1-2,5-6,15-16H2,(H,27,30)(H,28,31). The van der Waals surface area contributed by atoms with Crippen molar-refractivity contribution in [1.82, 2.24) is 15.1 Å². The molecule has 0 atom stereocenters. The maximum atomic E-state index is 12.8. The largest absolute Gasteiger partial charge is 0.488 e. The molecule has 4 rings (SSSR count). The van der Waals surface area contributed by atoms with Crippen molar-refractivity contribution in [3.8, 4) is 5.75 Å². The summed E-state index contributed by atoms with van der Waals surface area (Å²) in [6.07, 6.45) is 7.56. The number of carbonyl (C=O) groups is 2. The van der Waals surface area contributed by atoms with E-state index in [4.69, 9.17) is 16.3 Å². The van der Waals surface area contributed by atoms with Gasteiger partial charge in [0.05, 0.1) is 17.4 Å². The Labute approximate surface area is 191 Å². The lowest BCUT2D eigenvalue weighted by Crippen LogP contribution is -2.35. The highest BCUT2D eigenvalue weighted by Gasteiger charge is 2.18. The Morgan fingerprint density at radius 3 is 2.62 bits per heavy atom. The number of halogens is 1. The van der Waals surface area contributed by atoms with E-state index < -0.39 is 0 Å². The molecule has 166 valence electrons. The molecular weight excluding hydrogens is 428 g/mol. The first-order chi connectivity index (χ1) is 15.6. The molecule has 0 radical (unpaired) electrons. The molecule has 7 nitrogen and oxygen atoms in total. The van der Waals surface area contributed by atoms with Crippen LogP contribution in [0.3, 0.4) is 0 Å². The fourth-order valence-electron chi connectivity index (χ4n) is 3.73. The van der Waals surface area contributed by atoms with Crippen LogP contribution in [0.2, 0.25) is 5.02 Å². The second-order valence-electron chi connectivity index (χ2n) is 7.84. The number of carbonyl (C=O) groups excluding carboxylic acids is 2. The van der Waals surface area contributed by atoms with Gasteiger partial charge in [-0.05, 0) is 42.7 Å². The van der Waals surface area contributed by atoms with Crippen LogP contribution in [0.4, 0.5) is 5.69 Å². The predicted octanol–water partition coefficient (Wildman–Crippen LogP) is 4.43. The van der Waals surface area contributed by atoms with Gasteiger partial charge in [0.15, 0.2) is 0 Å². The number of anilines is 1. The number of rotatable bonds is 8. The number of hydrogen-bond acceptors (Lipinski definition) is 4. The van der Waals surface area contributed by atoms with E-state index in [1.54, 1.807) is 36.5 Å². The molecule has 1 heterocycles. The molecule has 2 N–H and O–H groups in total. The molecule has 1 aromatic heterocycles. The molecule has 1 saturated carbocycles. The summed E-state index contributed by atoms with van der Waals surface area (Å²) in [6, 6.07) is 14.7. The minimum atomic E-state index is -0.313. The van der Waals surface area contributed by atoms with Crippen LogP contribution >= 0.6 is 11.6 Å². The fraction of sp³-hybridized carbons (Fsp3) is 0.292. The highest BCUT2D eigenvalue weighted by molar-refractivity contribution is 6.30. The van der Waals surface area contributed by atoms with Gasteiger partial charge in [0.25, 0.3) is 5.91 Å². The maximum absolute atomic E-state index is 12.8. The summed E-state index contributed by atoms with van der Waals surface area (Å²) in [5.74, 6) is 0.0915. The zero-order chi connectivity index (χ0) is 22.3. The quantitative estimate of drug-likeness (QED) is 0.529. The number of nitrogens with one attached hydrogen (secondary N) is 2. The van der Waals surface area contributed by atoms with Crippen molar-refractivity contribution < 1.29 is 14.3 Å². The second-order valence-corrected chi connectivity index (χ2v) is 8.28. The summed E-state index contributed by atoms with van der Waals surface area (Å²) >= 11 is 5.92. The smallest absolute Gasteiger partial charge is 0.259 e. The van der Waals surface area contributed by atoms with Crippen molar-refractivity contribution in [2.24, 2.45) is 0 Å². The Hall–Kier alpha value is -3.32. The van der Waals surface area contributed by atoms with Gasteiger partial charge in [-0.3, -0.25) is 14.3 Å². The molecule has 8 heteroatoms. The lowest BCUT2D eigenvalue weighted by atomic mass is 10.2. The topological polar surface area (TPSA) is 85.2 Å². The molecular formula is C24H25ClN4O3. The highest BCUT2D eigenvalue weighted by Crippen LogP contribution is 2.22. The van der Waals surface area contributed by atoms with E-state index >= 15 is 0 Å². The predicted molar refractivity (Wildman–Crippen MR) is 123 cm³/mol. The molecule has 0 bridgehead atoms. The zero-order valence-corrected chi connectivity index (χ0v) is 18.3. The summed E-state index contributed by atoms with van der Waals surface area (Å²) in [6.45, 7) is 0.433. The van der Waals surface area contributed by atoms with Gasteiger partial charge in [0.2, 0.25) is 5.91 Å². The van der Waals surface area contributed by atoms with Crippen molar-refractivity contribution in [3.05, 3.63) is 77.1 Å². The number of ether oxygens (including phenoxy) is 1. The summed E-state index contributed by atoms with van der Waals surface area (Å²) in [5, 5.41) is 10.7. The molecule has 0 spiro atoms. The van der Waals surface area contributed by atoms with Gasteiger partial charge < -0.3 is 15.4 Å². The van der Waals surface area contributed by atoms with E-state index in [9.17, 15) is 9.59 Å². The fourth-order valence-corrected chi connectivity index (χ4v) is 3.85. The summed E-state index contributed by atoms with van der Waals surface area (Å²) in [7, 11) is 0. The normalized spacial score (nSPS) is 13.7. The molecule has 32 heavy (non-hydrogen) atoms. The first kappa shape index (κ1) is 21.9. The number of aromatic nitrogens is 2. The first-order valence-corrected chi connectivity index (χ1v) is 11.0. The number of benzene rings is 2. The maximum Gasteiger partial charge on any atom is 0.259 e. The summed E-state index contributed by atoms with van der Waals surface area (Å²) in [4.78, 5) is 25.0. The van der Waals surface area contributed by atoms with Crippen LogP contribution in [0.25, 0.3) is 0 Å². The molecule has 1 fully saturated rings. The third kappa shape index (κ3) is 5.88. The van der Waals surface area contributed by atoms with Crippen LogP contribution in [0.1, 0.15) is 41.6 Å². The van der Waals surface area contributed by atoms with Gasteiger partial charge in [0, 0.05) is 17.3 Å². The second kappa shape index (κ2) is 10.3. The molecule has 1 aliphatic rings. The van der Waals surface area contributed by atoms with Gasteiger partial charge in [-0.1, -0.05) is 48.7 Å². The third-order valence-corrected chi connectivity index (χ3v) is 5.61. The van der Waals surface area contributed by atoms with E-state index in [-0.39, 0.29) is 24.4 Å². The van der Waals surface area contributed by atoms with Crippen molar-refractivity contribution >= 4 is 29.1 Å². The molecule has 2 amide bonds. The molecule has 2 aromatic carbocycles. The van der Waals surface area contributed by atoms with Gasteiger partial charge >= 0.3 is 0 Å². The van der Waals surface area contributed by atoms with Crippen molar-refractivity contribution in [2.45, 2.75) is 44.9 Å². The molecule has 1 aliphatic carbocycles. The minimum Gasteiger partial charge on any atom is -0.488 e. The van der Waals surface area contributed by atoms with Gasteiger partial charge in [0.1, 0.15) is 18.9 Å². The molecule has 3 aromatic rings. The minimum absolute atomic E-state index is 0.0705. The van der Waals surface area contributed by atoms with Crippen LogP contribution in [0.15, 0.2) is 60.9 Å². The lowest BCUT2D eigenvalue weighted by Gasteiger charge is -2.12. The monoisotopic (exact) mass is 452 g/mol. The molecule has 0 aliphatic heterocycles. The number of para-hydroxylation sites is 1. The van der Waals surface area contributed by atoms with Gasteiger partial charge in [-0.15, -0.1) is 0 Å². The molecule has 0 unspecified atom stereocenters. The molecule has 0 saturated heterocycles. The Morgan fingerprint density at radius 2 is 1.84 bits per heavy atom. The van der Waals surface area contributed by atoms with E-state index in [1.807, 2.05) is 18.2 Å². The average molecular weight is 453 g/mol.